The molecule has 0 aromatic heterocycles. The largest absolute Gasteiger partial charge is 0.507 e. The minimum Gasteiger partial charge on any atom is -0.507 e. The van der Waals surface area contributed by atoms with Crippen LogP contribution in [0.15, 0.2) is 126 Å². The zero-order valence-corrected chi connectivity index (χ0v) is 28.1. The number of amides is 2. The van der Waals surface area contributed by atoms with Crippen molar-refractivity contribution in [1.29, 1.82) is 0 Å². The number of allylic oxidation sites excluding steroid dienone is 1. The highest BCUT2D eigenvalue weighted by atomic mass is 16.5. The zero-order valence-electron chi connectivity index (χ0n) is 28.1. The van der Waals surface area contributed by atoms with Gasteiger partial charge in [0.25, 0.3) is 0 Å². The predicted octanol–water partition coefficient (Wildman–Crippen LogP) is 7.79. The molecule has 0 radical (unpaired) electrons. The Hall–Kier alpha value is -5.12. The third-order valence-electron chi connectivity index (χ3n) is 10.1. The van der Waals surface area contributed by atoms with Gasteiger partial charge in [0, 0.05) is 16.9 Å². The summed E-state index contributed by atoms with van der Waals surface area (Å²) in [5.74, 6) is -1.07. The summed E-state index contributed by atoms with van der Waals surface area (Å²) in [5.41, 5.74) is 6.12. The topological polar surface area (TPSA) is 108 Å². The van der Waals surface area contributed by atoms with Gasteiger partial charge in [-0.1, -0.05) is 73.2 Å². The van der Waals surface area contributed by atoms with Crippen LogP contribution in [-0.2, 0) is 14.2 Å². The molecule has 50 heavy (non-hydrogen) atoms. The van der Waals surface area contributed by atoms with Gasteiger partial charge in [-0.05, 0) is 104 Å². The molecular formula is C41H41BN2O6. The van der Waals surface area contributed by atoms with Gasteiger partial charge in [0.15, 0.2) is 0 Å². The van der Waals surface area contributed by atoms with E-state index < -0.39 is 25.1 Å². The molecule has 1 aliphatic carbocycles. The highest BCUT2D eigenvalue weighted by Gasteiger charge is 2.57. The van der Waals surface area contributed by atoms with Crippen molar-refractivity contribution in [2.24, 2.45) is 17.8 Å². The lowest BCUT2D eigenvalue weighted by Crippen LogP contribution is -2.46. The summed E-state index contributed by atoms with van der Waals surface area (Å²) in [6.07, 6.45) is 4.17. The third kappa shape index (κ3) is 6.97. The summed E-state index contributed by atoms with van der Waals surface area (Å²) in [6, 6.07) is 33.9. The highest BCUT2D eigenvalue weighted by Crippen LogP contribution is 2.51. The fourth-order valence-electron chi connectivity index (χ4n) is 7.72. The number of fused-ring (bicyclic) bond motifs is 3. The molecular weight excluding hydrogens is 627 g/mol. The molecule has 0 spiro atoms. The van der Waals surface area contributed by atoms with Crippen LogP contribution in [0.2, 0.25) is 6.32 Å². The van der Waals surface area contributed by atoms with Crippen LogP contribution in [0.25, 0.3) is 6.08 Å². The molecule has 2 fully saturated rings. The number of nitrogens with zero attached hydrogens (tertiary/aromatic N) is 1. The molecule has 4 aromatic carbocycles. The minimum absolute atomic E-state index is 0.222. The molecule has 9 heteroatoms. The van der Waals surface area contributed by atoms with Crippen molar-refractivity contribution in [1.82, 2.24) is 0 Å². The maximum atomic E-state index is 14.3. The van der Waals surface area contributed by atoms with Crippen LogP contribution in [0, 0.1) is 17.8 Å². The lowest BCUT2D eigenvalue weighted by Gasteiger charge is -2.43. The van der Waals surface area contributed by atoms with E-state index in [4.69, 9.17) is 9.39 Å². The van der Waals surface area contributed by atoms with Gasteiger partial charge in [0.2, 0.25) is 11.8 Å². The average molecular weight is 669 g/mol. The van der Waals surface area contributed by atoms with Crippen molar-refractivity contribution in [3.05, 3.63) is 131 Å². The van der Waals surface area contributed by atoms with Gasteiger partial charge in [-0.15, -0.1) is 0 Å². The molecule has 4 atom stereocenters. The van der Waals surface area contributed by atoms with Gasteiger partial charge < -0.3 is 24.8 Å². The fraction of sp³-hybridized carbons (Fsp3) is 0.268. The van der Waals surface area contributed by atoms with E-state index in [9.17, 15) is 19.7 Å². The Labute approximate surface area is 293 Å². The van der Waals surface area contributed by atoms with Crippen molar-refractivity contribution in [2.75, 3.05) is 16.8 Å². The molecule has 2 saturated heterocycles. The molecule has 0 bridgehead atoms. The number of rotatable bonds is 11. The molecule has 2 amide bonds. The number of hydrogen-bond acceptors (Lipinski definition) is 7. The van der Waals surface area contributed by atoms with Gasteiger partial charge in [-0.3, -0.25) is 14.5 Å². The Morgan fingerprint density at radius 2 is 1.58 bits per heavy atom. The van der Waals surface area contributed by atoms with E-state index in [-0.39, 0.29) is 36.4 Å². The smallest absolute Gasteiger partial charge is 0.455 e. The summed E-state index contributed by atoms with van der Waals surface area (Å²) < 4.78 is 12.5. The molecule has 0 unspecified atom stereocenters. The van der Waals surface area contributed by atoms with Crippen molar-refractivity contribution in [3.63, 3.8) is 0 Å². The molecule has 2 heterocycles. The van der Waals surface area contributed by atoms with Crippen molar-refractivity contribution in [2.45, 2.75) is 45.0 Å². The van der Waals surface area contributed by atoms with E-state index in [0.29, 0.717) is 30.7 Å². The van der Waals surface area contributed by atoms with Gasteiger partial charge in [-0.2, -0.15) is 0 Å². The summed E-state index contributed by atoms with van der Waals surface area (Å²) in [5, 5.41) is 24.8. The number of carbonyl (C=O) groups is 2. The first-order valence-electron chi connectivity index (χ1n) is 17.4. The molecule has 3 N–H and O–H groups in total. The number of phenols is 1. The predicted molar refractivity (Wildman–Crippen MR) is 196 cm³/mol. The van der Waals surface area contributed by atoms with Gasteiger partial charge in [-0.25, -0.2) is 0 Å². The van der Waals surface area contributed by atoms with Gasteiger partial charge >= 0.3 is 7.12 Å². The van der Waals surface area contributed by atoms with Gasteiger partial charge in [0.05, 0.1) is 23.6 Å². The van der Waals surface area contributed by atoms with Crippen LogP contribution in [0.3, 0.4) is 0 Å². The van der Waals surface area contributed by atoms with Crippen LogP contribution in [-0.4, -0.2) is 41.8 Å². The monoisotopic (exact) mass is 668 g/mol. The number of phenolic OH excluding ortho intramolecular Hbond substituents is 1. The second-order valence-electron chi connectivity index (χ2n) is 13.2. The second-order valence-corrected chi connectivity index (χ2v) is 13.2. The quantitative estimate of drug-likeness (QED) is 0.0851. The lowest BCUT2D eigenvalue weighted by atomic mass is 9.58. The minimum atomic E-state index is -1.07. The van der Waals surface area contributed by atoms with Crippen molar-refractivity contribution < 1.29 is 29.1 Å². The number of benzene rings is 4. The van der Waals surface area contributed by atoms with E-state index in [2.05, 4.69) is 12.2 Å². The highest BCUT2D eigenvalue weighted by molar-refractivity contribution is 6.43. The van der Waals surface area contributed by atoms with Crippen LogP contribution < -0.4 is 15.0 Å². The van der Waals surface area contributed by atoms with Crippen LogP contribution >= 0.6 is 0 Å². The van der Waals surface area contributed by atoms with Crippen molar-refractivity contribution in [3.8, 4) is 11.5 Å². The number of anilines is 3. The number of nitrogens with one attached hydrogen (secondary N) is 1. The maximum Gasteiger partial charge on any atom is 0.455 e. The van der Waals surface area contributed by atoms with E-state index in [0.717, 1.165) is 40.1 Å². The molecule has 254 valence electrons. The normalized spacial score (nSPS) is 22.0. The molecule has 7 rings (SSSR count). The van der Waals surface area contributed by atoms with Crippen LogP contribution in [0.5, 0.6) is 11.5 Å². The Balaban J connectivity index is 1.17. The zero-order chi connectivity index (χ0) is 34.6. The fourth-order valence-corrected chi connectivity index (χ4v) is 7.72. The lowest BCUT2D eigenvalue weighted by molar-refractivity contribution is -0.122. The van der Waals surface area contributed by atoms with E-state index in [1.54, 1.807) is 24.3 Å². The average Bonchev–Trinajstić information content (AvgIpc) is 3.39. The first kappa shape index (κ1) is 33.4. The molecule has 2 aliphatic heterocycles. The van der Waals surface area contributed by atoms with E-state index in [1.165, 1.54) is 4.90 Å². The number of imide groups is 1. The van der Waals surface area contributed by atoms with Crippen LogP contribution in [0.4, 0.5) is 17.1 Å². The number of hydrogen-bond donors (Lipinski definition) is 3. The van der Waals surface area contributed by atoms with Gasteiger partial charge in [0.1, 0.15) is 18.1 Å². The molecule has 8 nitrogen and oxygen atoms in total. The first-order valence-corrected chi connectivity index (χ1v) is 17.4. The maximum absolute atomic E-state index is 14.3. The summed E-state index contributed by atoms with van der Waals surface area (Å²) in [7, 11) is -1.07. The third-order valence-corrected chi connectivity index (χ3v) is 10.1. The van der Waals surface area contributed by atoms with Crippen molar-refractivity contribution >= 4 is 42.1 Å². The Morgan fingerprint density at radius 3 is 2.30 bits per heavy atom. The summed E-state index contributed by atoms with van der Waals surface area (Å²) in [6.45, 7) is 2.33. The van der Waals surface area contributed by atoms with E-state index >= 15 is 0 Å². The Kier molecular flexibility index (Phi) is 9.87. The van der Waals surface area contributed by atoms with Crippen LogP contribution in [0.1, 0.15) is 38.2 Å². The standard InChI is InChI=1S/C41H41BN2O6/c1-2-27(23-28-11-9-10-16-36(28)45)17-22-37-38-29(26-49-33-14-7-4-8-15-33)24-34-39(35(38)25-42(48)50-37)41(47)44(40(34)46)32-20-18-31(19-21-32)43-30-12-5-3-6-13-30/h3-16,18-21,23,34-35,37,39,43,45,48H,2,17,22,24-26H2,1H3/b27-23+/t34-,35+,37-,39-/m1/s1. The molecule has 0 saturated carbocycles. The number of carbonyl (C=O) groups excluding carboxylic acids is 2. The second kappa shape index (κ2) is 14.8. The number of para-hydroxylation sites is 3. The summed E-state index contributed by atoms with van der Waals surface area (Å²) in [4.78, 5) is 29.8. The Bertz CT molecular complexity index is 1900. The SMILES string of the molecule is CC/C(=C\c1ccccc1O)CC[C@H]1OB(O)C[C@H]2C1=C(COc1ccccc1)C[C@H]1C(=O)N(c3ccc(Nc4ccccc4)cc3)C(=O)[C@H]12. The molecule has 4 aromatic rings. The number of aromatic hydroxyl groups is 1. The number of ether oxygens (including phenoxy) is 1. The Morgan fingerprint density at radius 1 is 0.900 bits per heavy atom. The summed E-state index contributed by atoms with van der Waals surface area (Å²) >= 11 is 0. The molecule has 3 aliphatic rings. The van der Waals surface area contributed by atoms with E-state index in [1.807, 2.05) is 91.0 Å². The first-order chi connectivity index (χ1) is 24.4.